The van der Waals surface area contributed by atoms with Crippen molar-refractivity contribution in [1.29, 1.82) is 0 Å². The molecule has 4 fully saturated rings. The van der Waals surface area contributed by atoms with E-state index in [9.17, 15) is 0 Å². The molecule has 5 heterocycles. The number of nitrogens with one attached hydrogen (secondary N) is 4. The minimum absolute atomic E-state index is 0.384. The van der Waals surface area contributed by atoms with Crippen LogP contribution in [0.1, 0.15) is 117 Å². The van der Waals surface area contributed by atoms with E-state index in [1.165, 1.54) is 93.3 Å². The summed E-state index contributed by atoms with van der Waals surface area (Å²) in [5.74, 6) is 4.41. The number of hydrogen-bond donors (Lipinski definition) is 4. The quantitative estimate of drug-likeness (QED) is 0.335. The molecule has 0 amide bonds. The molecule has 7 heteroatoms. The second-order valence-electron chi connectivity index (χ2n) is 12.9. The molecule has 3 saturated heterocycles. The SMILES string of the molecule is c1nc(C2CCCN2)[nH]c1-c1ccc(N2CCC(c3cnc(C4CCCN4)[nH]3)CC2)c2c1CC1CCCC2C1. The van der Waals surface area contributed by atoms with Gasteiger partial charge in [0, 0.05) is 42.1 Å². The van der Waals surface area contributed by atoms with Gasteiger partial charge in [0.2, 0.25) is 0 Å². The van der Waals surface area contributed by atoms with Crippen LogP contribution < -0.4 is 15.5 Å². The third-order valence-corrected chi connectivity index (χ3v) is 10.6. The topological polar surface area (TPSA) is 84.7 Å². The number of imidazole rings is 2. The molecule has 0 radical (unpaired) electrons. The van der Waals surface area contributed by atoms with Crippen molar-refractivity contribution >= 4 is 5.69 Å². The lowest BCUT2D eigenvalue weighted by Crippen LogP contribution is -2.35. The lowest BCUT2D eigenvalue weighted by Gasteiger charge is -2.42. The smallest absolute Gasteiger partial charge is 0.123 e. The first kappa shape index (κ1) is 24.2. The Kier molecular flexibility index (Phi) is 6.25. The Morgan fingerprint density at radius 3 is 2.28 bits per heavy atom. The highest BCUT2D eigenvalue weighted by molar-refractivity contribution is 5.73. The van der Waals surface area contributed by atoms with Gasteiger partial charge >= 0.3 is 0 Å². The van der Waals surface area contributed by atoms with Crippen molar-refractivity contribution in [3.05, 3.63) is 53.0 Å². The van der Waals surface area contributed by atoms with Gasteiger partial charge in [0.05, 0.1) is 24.0 Å². The van der Waals surface area contributed by atoms with Gasteiger partial charge in [-0.1, -0.05) is 18.9 Å². The number of H-pyrrole nitrogens is 2. The van der Waals surface area contributed by atoms with Crippen LogP contribution in [-0.2, 0) is 6.42 Å². The van der Waals surface area contributed by atoms with Gasteiger partial charge in [-0.05, 0) is 99.9 Å². The molecule has 2 aliphatic carbocycles. The zero-order chi connectivity index (χ0) is 25.8. The van der Waals surface area contributed by atoms with Gasteiger partial charge in [-0.3, -0.25) is 0 Å². The second-order valence-corrected chi connectivity index (χ2v) is 12.9. The van der Waals surface area contributed by atoms with E-state index >= 15 is 0 Å². The Bertz CT molecular complexity index is 1300. The fourth-order valence-electron chi connectivity index (χ4n) is 8.54. The summed E-state index contributed by atoms with van der Waals surface area (Å²) >= 11 is 0. The molecule has 4 N–H and O–H groups in total. The summed E-state index contributed by atoms with van der Waals surface area (Å²) in [5, 5.41) is 7.19. The fourth-order valence-corrected chi connectivity index (χ4v) is 8.54. The molecule has 7 nitrogen and oxygen atoms in total. The summed E-state index contributed by atoms with van der Waals surface area (Å²) in [5.41, 5.74) is 8.78. The highest BCUT2D eigenvalue weighted by Gasteiger charge is 2.36. The second kappa shape index (κ2) is 10.1. The van der Waals surface area contributed by atoms with Crippen LogP contribution in [0, 0.1) is 5.92 Å². The van der Waals surface area contributed by atoms with E-state index in [1.807, 2.05) is 0 Å². The fraction of sp³-hybridized carbons (Fsp3) is 0.625. The van der Waals surface area contributed by atoms with E-state index < -0.39 is 0 Å². The third-order valence-electron chi connectivity index (χ3n) is 10.6. The van der Waals surface area contributed by atoms with Gasteiger partial charge in [-0.2, -0.15) is 0 Å². The van der Waals surface area contributed by atoms with Gasteiger partial charge in [-0.15, -0.1) is 0 Å². The maximum Gasteiger partial charge on any atom is 0.123 e. The van der Waals surface area contributed by atoms with E-state index in [0.717, 1.165) is 43.7 Å². The van der Waals surface area contributed by atoms with E-state index in [0.29, 0.717) is 23.9 Å². The van der Waals surface area contributed by atoms with Crippen LogP contribution in [0.4, 0.5) is 5.69 Å². The summed E-state index contributed by atoms with van der Waals surface area (Å²) in [6.45, 7) is 4.47. The molecular formula is C32H43N7. The Labute approximate surface area is 232 Å². The minimum Gasteiger partial charge on any atom is -0.371 e. The first-order chi connectivity index (χ1) is 19.3. The first-order valence-corrected chi connectivity index (χ1v) is 15.8. The van der Waals surface area contributed by atoms with Crippen molar-refractivity contribution in [2.24, 2.45) is 5.92 Å². The van der Waals surface area contributed by atoms with E-state index in [1.54, 1.807) is 11.1 Å². The molecule has 8 rings (SSSR count). The number of anilines is 1. The van der Waals surface area contributed by atoms with Crippen molar-refractivity contribution in [1.82, 2.24) is 30.6 Å². The number of rotatable bonds is 5. The largest absolute Gasteiger partial charge is 0.371 e. The summed E-state index contributed by atoms with van der Waals surface area (Å²) in [7, 11) is 0. The maximum atomic E-state index is 4.83. The predicted octanol–water partition coefficient (Wildman–Crippen LogP) is 5.86. The standard InChI is InChI=1S/C32H43N7/c1-4-20-16-22(5-1)30-24(17-20)23(28-19-36-32(38-28)26-7-3-13-34-26)8-9-29(30)39-14-10-21(11-15-39)27-18-35-31(37-27)25-6-2-12-33-25/h8-9,18-22,25-26,33-34H,1-7,10-17H2,(H,35,37)(H,36,38). The summed E-state index contributed by atoms with van der Waals surface area (Å²) in [4.78, 5) is 19.7. The third kappa shape index (κ3) is 4.42. The van der Waals surface area contributed by atoms with Crippen LogP contribution in [0.15, 0.2) is 24.5 Å². The van der Waals surface area contributed by atoms with Crippen molar-refractivity contribution in [3.8, 4) is 11.3 Å². The zero-order valence-electron chi connectivity index (χ0n) is 23.1. The lowest BCUT2D eigenvalue weighted by molar-refractivity contribution is 0.299. The number of nitrogens with zero attached hydrogens (tertiary/aromatic N) is 3. The Balaban J connectivity index is 1.06. The minimum atomic E-state index is 0.384. The Morgan fingerprint density at radius 2 is 1.51 bits per heavy atom. The molecule has 4 atom stereocenters. The van der Waals surface area contributed by atoms with Crippen LogP contribution in [0.5, 0.6) is 0 Å². The summed E-state index contributed by atoms with van der Waals surface area (Å²) in [6, 6.07) is 5.67. The van der Waals surface area contributed by atoms with Crippen molar-refractivity contribution in [2.75, 3.05) is 31.1 Å². The molecular weight excluding hydrogens is 482 g/mol. The number of aromatic nitrogens is 4. The number of aromatic amines is 2. The van der Waals surface area contributed by atoms with Crippen molar-refractivity contribution in [2.45, 2.75) is 94.5 Å². The Hall–Kier alpha value is -2.64. The van der Waals surface area contributed by atoms with Crippen molar-refractivity contribution in [3.63, 3.8) is 0 Å². The van der Waals surface area contributed by atoms with Gasteiger partial charge in [0.15, 0.2) is 0 Å². The Morgan fingerprint density at radius 1 is 0.744 bits per heavy atom. The number of benzene rings is 1. The lowest BCUT2D eigenvalue weighted by atomic mass is 9.67. The maximum absolute atomic E-state index is 4.83. The number of fused-ring (bicyclic) bond motifs is 4. The molecule has 3 aromatic rings. The summed E-state index contributed by atoms with van der Waals surface area (Å²) in [6.07, 6.45) is 18.2. The molecule has 3 aliphatic heterocycles. The molecule has 0 spiro atoms. The highest BCUT2D eigenvalue weighted by Crippen LogP contribution is 2.50. The average Bonchev–Trinajstić information content (AvgIpc) is 3.80. The van der Waals surface area contributed by atoms with Crippen LogP contribution in [-0.4, -0.2) is 46.1 Å². The van der Waals surface area contributed by atoms with Gasteiger partial charge in [0.25, 0.3) is 0 Å². The molecule has 2 bridgehead atoms. The van der Waals surface area contributed by atoms with Gasteiger partial charge < -0.3 is 25.5 Å². The van der Waals surface area contributed by atoms with Crippen LogP contribution >= 0.6 is 0 Å². The molecule has 1 aromatic carbocycles. The summed E-state index contributed by atoms with van der Waals surface area (Å²) < 4.78 is 0. The van der Waals surface area contributed by atoms with Crippen LogP contribution in [0.3, 0.4) is 0 Å². The van der Waals surface area contributed by atoms with Gasteiger partial charge in [-0.25, -0.2) is 9.97 Å². The molecule has 39 heavy (non-hydrogen) atoms. The number of hydrogen-bond acceptors (Lipinski definition) is 5. The van der Waals surface area contributed by atoms with Crippen LogP contribution in [0.25, 0.3) is 11.3 Å². The van der Waals surface area contributed by atoms with Crippen LogP contribution in [0.2, 0.25) is 0 Å². The molecule has 4 unspecified atom stereocenters. The highest BCUT2D eigenvalue weighted by atomic mass is 15.1. The van der Waals surface area contributed by atoms with Gasteiger partial charge in [0.1, 0.15) is 11.6 Å². The first-order valence-electron chi connectivity index (χ1n) is 15.8. The molecule has 5 aliphatic rings. The molecule has 206 valence electrons. The average molecular weight is 526 g/mol. The predicted molar refractivity (Wildman–Crippen MR) is 155 cm³/mol. The normalized spacial score (nSPS) is 29.2. The molecule has 2 aromatic heterocycles. The zero-order valence-corrected chi connectivity index (χ0v) is 23.1. The molecule has 1 saturated carbocycles. The van der Waals surface area contributed by atoms with E-state index in [2.05, 4.69) is 50.0 Å². The number of piperidine rings is 1. The monoisotopic (exact) mass is 525 g/mol. The van der Waals surface area contributed by atoms with E-state index in [-0.39, 0.29) is 0 Å². The van der Waals surface area contributed by atoms with Crippen molar-refractivity contribution < 1.29 is 0 Å². The van der Waals surface area contributed by atoms with E-state index in [4.69, 9.17) is 9.97 Å².